The number of nitrogens with one attached hydrogen (secondary N) is 1. The minimum atomic E-state index is -4.69. The second-order valence-electron chi connectivity index (χ2n) is 8.89. The molecule has 2 aromatic rings. The number of carbonyl (C=O) groups is 2. The number of alkyl halides is 3. The molecule has 0 aromatic heterocycles. The summed E-state index contributed by atoms with van der Waals surface area (Å²) in [5, 5.41) is 2.80. The van der Waals surface area contributed by atoms with Crippen molar-refractivity contribution in [2.75, 3.05) is 23.7 Å². The average Bonchev–Trinajstić information content (AvgIpc) is 2.80. The highest BCUT2D eigenvalue weighted by Gasteiger charge is 2.34. The fourth-order valence-corrected chi connectivity index (χ4v) is 4.41. The zero-order valence-electron chi connectivity index (χ0n) is 20.7. The summed E-state index contributed by atoms with van der Waals surface area (Å²) in [5.74, 6) is -0.931. The number of benzene rings is 2. The molecule has 0 aliphatic heterocycles. The van der Waals surface area contributed by atoms with Crippen LogP contribution < -0.4 is 9.62 Å². The van der Waals surface area contributed by atoms with Crippen molar-refractivity contribution in [3.63, 3.8) is 0 Å². The number of amides is 2. The first-order valence-corrected chi connectivity index (χ1v) is 13.3. The van der Waals surface area contributed by atoms with Crippen LogP contribution in [-0.4, -0.2) is 50.5 Å². The van der Waals surface area contributed by atoms with Gasteiger partial charge in [-0.15, -0.1) is 0 Å². The Hall–Kier alpha value is -3.08. The fraction of sp³-hybridized carbons (Fsp3) is 0.440. The van der Waals surface area contributed by atoms with Gasteiger partial charge in [0.15, 0.2) is 0 Å². The van der Waals surface area contributed by atoms with Crippen LogP contribution in [-0.2, 0) is 32.3 Å². The minimum absolute atomic E-state index is 0.0213. The minimum Gasteiger partial charge on any atom is -0.354 e. The second kappa shape index (κ2) is 12.2. The lowest BCUT2D eigenvalue weighted by atomic mass is 10.1. The fourth-order valence-electron chi connectivity index (χ4n) is 3.57. The van der Waals surface area contributed by atoms with Crippen LogP contribution in [0, 0.1) is 5.92 Å². The van der Waals surface area contributed by atoms with E-state index in [9.17, 15) is 31.2 Å². The molecule has 2 amide bonds. The van der Waals surface area contributed by atoms with Crippen molar-refractivity contribution >= 4 is 27.5 Å². The van der Waals surface area contributed by atoms with Gasteiger partial charge in [0.2, 0.25) is 21.8 Å². The molecule has 1 atom stereocenters. The summed E-state index contributed by atoms with van der Waals surface area (Å²) in [6.07, 6.45) is -3.62. The van der Waals surface area contributed by atoms with E-state index in [1.54, 1.807) is 37.3 Å². The summed E-state index contributed by atoms with van der Waals surface area (Å²) >= 11 is 0. The van der Waals surface area contributed by atoms with Gasteiger partial charge in [-0.25, -0.2) is 8.42 Å². The van der Waals surface area contributed by atoms with Crippen LogP contribution in [0.25, 0.3) is 0 Å². The van der Waals surface area contributed by atoms with Crippen LogP contribution in [0.2, 0.25) is 0 Å². The largest absolute Gasteiger partial charge is 0.416 e. The van der Waals surface area contributed by atoms with Crippen molar-refractivity contribution in [3.05, 3.63) is 65.7 Å². The van der Waals surface area contributed by atoms with Crippen molar-refractivity contribution in [2.45, 2.75) is 46.0 Å². The average molecular weight is 528 g/mol. The molecule has 11 heteroatoms. The van der Waals surface area contributed by atoms with Gasteiger partial charge in [0.05, 0.1) is 17.5 Å². The van der Waals surface area contributed by atoms with Gasteiger partial charge in [0.1, 0.15) is 12.6 Å². The predicted molar refractivity (Wildman–Crippen MR) is 133 cm³/mol. The molecule has 0 heterocycles. The van der Waals surface area contributed by atoms with E-state index >= 15 is 0 Å². The second-order valence-corrected chi connectivity index (χ2v) is 10.8. The maximum absolute atomic E-state index is 13.5. The molecule has 2 rings (SSSR count). The molecule has 198 valence electrons. The number of halogens is 3. The van der Waals surface area contributed by atoms with E-state index < -0.39 is 40.3 Å². The van der Waals surface area contributed by atoms with Crippen LogP contribution in [0.5, 0.6) is 0 Å². The predicted octanol–water partition coefficient (Wildman–Crippen LogP) is 4.05. The van der Waals surface area contributed by atoms with Crippen LogP contribution in [0.4, 0.5) is 18.9 Å². The Bertz CT molecular complexity index is 1140. The Labute approximate surface area is 210 Å². The zero-order chi connectivity index (χ0) is 27.1. The Balaban J connectivity index is 2.44. The molecule has 2 aromatic carbocycles. The molecule has 36 heavy (non-hydrogen) atoms. The van der Waals surface area contributed by atoms with Gasteiger partial charge in [-0.2, -0.15) is 13.2 Å². The van der Waals surface area contributed by atoms with Crippen LogP contribution in [0.1, 0.15) is 38.3 Å². The molecule has 7 nitrogen and oxygen atoms in total. The SMILES string of the molecule is CC[C@@H](C(=O)NCC(C)C)N(Cc1ccccc1)C(=O)CN(c1cccc(C(F)(F)F)c1)S(C)(=O)=O. The standard InChI is InChI=1S/C25H32F3N3O4S/c1-5-22(24(33)29-15-18(2)3)30(16-19-10-7-6-8-11-19)23(32)17-31(36(4,34)35)21-13-9-12-20(14-21)25(26,27)28/h6-14,18,22H,5,15-17H2,1-4H3,(H,29,33)/t22-/m0/s1. The van der Waals surface area contributed by atoms with Gasteiger partial charge in [0.25, 0.3) is 0 Å². The number of nitrogens with zero attached hydrogens (tertiary/aromatic N) is 2. The molecule has 0 aliphatic carbocycles. The third-order valence-electron chi connectivity index (χ3n) is 5.41. The first kappa shape index (κ1) is 29.2. The Morgan fingerprint density at radius 1 is 1.03 bits per heavy atom. The topological polar surface area (TPSA) is 86.8 Å². The molecular formula is C25H32F3N3O4S. The summed E-state index contributed by atoms with van der Waals surface area (Å²) in [6, 6.07) is 11.7. The lowest BCUT2D eigenvalue weighted by Gasteiger charge is -2.33. The zero-order valence-corrected chi connectivity index (χ0v) is 21.6. The van der Waals surface area contributed by atoms with E-state index in [-0.39, 0.29) is 30.5 Å². The van der Waals surface area contributed by atoms with E-state index in [1.807, 2.05) is 13.8 Å². The summed E-state index contributed by atoms with van der Waals surface area (Å²) in [6.45, 7) is 5.23. The quantitative estimate of drug-likeness (QED) is 0.478. The van der Waals surface area contributed by atoms with E-state index in [2.05, 4.69) is 5.32 Å². The Morgan fingerprint density at radius 3 is 2.19 bits per heavy atom. The first-order chi connectivity index (χ1) is 16.7. The molecule has 0 bridgehead atoms. The summed E-state index contributed by atoms with van der Waals surface area (Å²) in [4.78, 5) is 27.8. The molecule has 0 spiro atoms. The molecule has 1 N–H and O–H groups in total. The van der Waals surface area contributed by atoms with Crippen molar-refractivity contribution in [3.8, 4) is 0 Å². The molecule has 0 aliphatic rings. The molecule has 0 unspecified atom stereocenters. The third-order valence-corrected chi connectivity index (χ3v) is 6.55. The number of carbonyl (C=O) groups excluding carboxylic acids is 2. The Morgan fingerprint density at radius 2 is 1.67 bits per heavy atom. The lowest BCUT2D eigenvalue weighted by molar-refractivity contribution is -0.140. The van der Waals surface area contributed by atoms with Crippen molar-refractivity contribution in [1.82, 2.24) is 10.2 Å². The van der Waals surface area contributed by atoms with Crippen LogP contribution in [0.15, 0.2) is 54.6 Å². The number of sulfonamides is 1. The van der Waals surface area contributed by atoms with Gasteiger partial charge in [-0.1, -0.05) is 57.2 Å². The summed E-state index contributed by atoms with van der Waals surface area (Å²) in [5.41, 5.74) is -0.620. The maximum Gasteiger partial charge on any atom is 0.416 e. The van der Waals surface area contributed by atoms with E-state index in [0.717, 1.165) is 18.4 Å². The molecule has 0 saturated carbocycles. The van der Waals surface area contributed by atoms with E-state index in [4.69, 9.17) is 0 Å². The van der Waals surface area contributed by atoms with Crippen molar-refractivity contribution in [1.29, 1.82) is 0 Å². The monoisotopic (exact) mass is 527 g/mol. The molecule has 0 fully saturated rings. The van der Waals surface area contributed by atoms with Gasteiger partial charge < -0.3 is 10.2 Å². The summed E-state index contributed by atoms with van der Waals surface area (Å²) in [7, 11) is -4.14. The highest BCUT2D eigenvalue weighted by Crippen LogP contribution is 2.32. The van der Waals surface area contributed by atoms with Gasteiger partial charge >= 0.3 is 6.18 Å². The highest BCUT2D eigenvalue weighted by atomic mass is 32.2. The maximum atomic E-state index is 13.5. The van der Waals surface area contributed by atoms with E-state index in [1.165, 1.54) is 11.0 Å². The molecule has 0 radical (unpaired) electrons. The number of rotatable bonds is 11. The van der Waals surface area contributed by atoms with Gasteiger partial charge in [0, 0.05) is 13.1 Å². The van der Waals surface area contributed by atoms with Crippen molar-refractivity contribution in [2.24, 2.45) is 5.92 Å². The van der Waals surface area contributed by atoms with Gasteiger partial charge in [-0.3, -0.25) is 13.9 Å². The lowest BCUT2D eigenvalue weighted by Crippen LogP contribution is -2.52. The third kappa shape index (κ3) is 8.25. The van der Waals surface area contributed by atoms with Gasteiger partial charge in [-0.05, 0) is 36.1 Å². The highest BCUT2D eigenvalue weighted by molar-refractivity contribution is 7.92. The Kier molecular flexibility index (Phi) is 9.92. The number of hydrogen-bond acceptors (Lipinski definition) is 4. The number of anilines is 1. The normalized spacial score (nSPS) is 12.8. The van der Waals surface area contributed by atoms with E-state index in [0.29, 0.717) is 22.5 Å². The molecular weight excluding hydrogens is 495 g/mol. The van der Waals surface area contributed by atoms with Crippen LogP contribution >= 0.6 is 0 Å². The smallest absolute Gasteiger partial charge is 0.354 e. The van der Waals surface area contributed by atoms with Crippen molar-refractivity contribution < 1.29 is 31.2 Å². The number of hydrogen-bond donors (Lipinski definition) is 1. The first-order valence-electron chi connectivity index (χ1n) is 11.5. The summed E-state index contributed by atoms with van der Waals surface area (Å²) < 4.78 is 65.5. The molecule has 0 saturated heterocycles. The van der Waals surface area contributed by atoms with Crippen LogP contribution in [0.3, 0.4) is 0 Å².